The van der Waals surface area contributed by atoms with Gasteiger partial charge in [-0.25, -0.2) is 0 Å². The Balaban J connectivity index is 1.95. The molecule has 1 heteroatoms. The summed E-state index contributed by atoms with van der Waals surface area (Å²) >= 11 is 0. The lowest BCUT2D eigenvalue weighted by Crippen LogP contribution is -2.00. The maximum absolute atomic E-state index is 5.59. The molecule has 3 rings (SSSR count). The molecule has 0 aliphatic carbocycles. The Kier molecular flexibility index (Phi) is 5.81. The van der Waals surface area contributed by atoms with Crippen molar-refractivity contribution in [2.24, 2.45) is 0 Å². The van der Waals surface area contributed by atoms with Crippen molar-refractivity contribution >= 4 is 0 Å². The number of benzene rings is 3. The average molecular weight is 328 g/mol. The van der Waals surface area contributed by atoms with Crippen LogP contribution in [0.1, 0.15) is 11.1 Å². The Hall–Kier alpha value is -2.64. The largest absolute Gasteiger partial charge is 0.377 e. The third-order valence-electron chi connectivity index (χ3n) is 4.33. The highest BCUT2D eigenvalue weighted by Crippen LogP contribution is 2.30. The molecular weight excluding hydrogens is 304 g/mol. The van der Waals surface area contributed by atoms with Gasteiger partial charge >= 0.3 is 0 Å². The summed E-state index contributed by atoms with van der Waals surface area (Å²) in [5.74, 6) is 0. The molecule has 0 aliphatic rings. The summed E-state index contributed by atoms with van der Waals surface area (Å²) in [6, 6.07) is 26.0. The van der Waals surface area contributed by atoms with Gasteiger partial charge in [0.1, 0.15) is 0 Å². The molecule has 0 aromatic heterocycles. The van der Waals surface area contributed by atoms with Crippen LogP contribution in [0.5, 0.6) is 0 Å². The molecule has 0 fully saturated rings. The molecule has 0 spiro atoms. The fourth-order valence-corrected chi connectivity index (χ4v) is 2.96. The minimum Gasteiger partial charge on any atom is -0.377 e. The third kappa shape index (κ3) is 4.46. The molecule has 0 saturated carbocycles. The van der Waals surface area contributed by atoms with Crippen molar-refractivity contribution in [2.75, 3.05) is 13.2 Å². The molecule has 0 unspecified atom stereocenters. The molecule has 0 aliphatic heterocycles. The summed E-state index contributed by atoms with van der Waals surface area (Å²) in [6.07, 6.45) is 2.69. The lowest BCUT2D eigenvalue weighted by atomic mass is 9.93. The van der Waals surface area contributed by atoms with Crippen LogP contribution in [0.25, 0.3) is 22.3 Å². The average Bonchev–Trinajstić information content (AvgIpc) is 2.67. The molecule has 0 heterocycles. The highest BCUT2D eigenvalue weighted by atomic mass is 16.5. The van der Waals surface area contributed by atoms with Gasteiger partial charge in [0.2, 0.25) is 0 Å². The first-order valence-electron chi connectivity index (χ1n) is 8.72. The second-order valence-electron chi connectivity index (χ2n) is 6.22. The van der Waals surface area contributed by atoms with Crippen LogP contribution >= 0.6 is 0 Å². The number of hydrogen-bond acceptors (Lipinski definition) is 1. The minimum atomic E-state index is 0.599. The van der Waals surface area contributed by atoms with Crippen LogP contribution in [-0.2, 0) is 11.2 Å². The van der Waals surface area contributed by atoms with Crippen LogP contribution in [0.4, 0.5) is 0 Å². The quantitative estimate of drug-likeness (QED) is 0.377. The summed E-state index contributed by atoms with van der Waals surface area (Å²) in [5.41, 5.74) is 7.61. The molecule has 0 amide bonds. The molecule has 0 atom stereocenters. The van der Waals surface area contributed by atoms with Gasteiger partial charge in [0, 0.05) is 0 Å². The van der Waals surface area contributed by atoms with Gasteiger partial charge in [-0.05, 0) is 47.2 Å². The van der Waals surface area contributed by atoms with E-state index in [9.17, 15) is 0 Å². The molecule has 0 N–H and O–H groups in total. The zero-order valence-corrected chi connectivity index (χ0v) is 14.7. The number of aryl methyl sites for hydroxylation is 1. The molecule has 0 bridgehead atoms. The Morgan fingerprint density at radius 1 is 0.840 bits per heavy atom. The van der Waals surface area contributed by atoms with E-state index in [1.165, 1.54) is 33.4 Å². The number of ether oxygens (including phenoxy) is 1. The van der Waals surface area contributed by atoms with Crippen molar-refractivity contribution in [1.82, 2.24) is 0 Å². The van der Waals surface area contributed by atoms with E-state index in [0.29, 0.717) is 13.2 Å². The highest BCUT2D eigenvalue weighted by molar-refractivity contribution is 5.75. The lowest BCUT2D eigenvalue weighted by molar-refractivity contribution is 0.166. The van der Waals surface area contributed by atoms with Crippen LogP contribution < -0.4 is 0 Å². The van der Waals surface area contributed by atoms with Crippen molar-refractivity contribution in [3.63, 3.8) is 0 Å². The first kappa shape index (κ1) is 17.2. The lowest BCUT2D eigenvalue weighted by Gasteiger charge is -2.13. The second-order valence-corrected chi connectivity index (χ2v) is 6.22. The third-order valence-corrected chi connectivity index (χ3v) is 4.33. The van der Waals surface area contributed by atoms with Gasteiger partial charge in [-0.3, -0.25) is 0 Å². The summed E-state index contributed by atoms with van der Waals surface area (Å²) in [6.45, 7) is 7.12. The molecule has 1 nitrogen and oxygen atoms in total. The van der Waals surface area contributed by atoms with Crippen molar-refractivity contribution in [2.45, 2.75) is 13.3 Å². The van der Waals surface area contributed by atoms with Gasteiger partial charge in [0.05, 0.1) is 13.2 Å². The Bertz CT molecular complexity index is 816. The smallest absolute Gasteiger partial charge is 0.0644 e. The maximum Gasteiger partial charge on any atom is 0.0644 e. The van der Waals surface area contributed by atoms with Gasteiger partial charge in [-0.15, -0.1) is 6.58 Å². The fraction of sp³-hybridized carbons (Fsp3) is 0.167. The predicted molar refractivity (Wildman–Crippen MR) is 107 cm³/mol. The van der Waals surface area contributed by atoms with Crippen LogP contribution in [0.2, 0.25) is 0 Å². The van der Waals surface area contributed by atoms with Gasteiger partial charge < -0.3 is 4.74 Å². The van der Waals surface area contributed by atoms with E-state index in [4.69, 9.17) is 4.74 Å². The van der Waals surface area contributed by atoms with E-state index in [1.807, 2.05) is 0 Å². The van der Waals surface area contributed by atoms with E-state index in [0.717, 1.165) is 6.42 Å². The molecule has 0 saturated heterocycles. The van der Waals surface area contributed by atoms with Gasteiger partial charge in [0.25, 0.3) is 0 Å². The second kappa shape index (κ2) is 8.46. The number of rotatable bonds is 7. The predicted octanol–water partition coefficient (Wildman–Crippen LogP) is 6.07. The molecule has 3 aromatic carbocycles. The van der Waals surface area contributed by atoms with E-state index >= 15 is 0 Å². The zero-order valence-electron chi connectivity index (χ0n) is 14.7. The van der Waals surface area contributed by atoms with Gasteiger partial charge in [-0.2, -0.15) is 0 Å². The Morgan fingerprint density at radius 2 is 1.56 bits per heavy atom. The molecule has 126 valence electrons. The zero-order chi connectivity index (χ0) is 17.5. The summed E-state index contributed by atoms with van der Waals surface area (Å²) in [4.78, 5) is 0. The van der Waals surface area contributed by atoms with Crippen molar-refractivity contribution in [1.29, 1.82) is 0 Å². The van der Waals surface area contributed by atoms with Crippen molar-refractivity contribution < 1.29 is 4.74 Å². The first-order chi connectivity index (χ1) is 12.3. The van der Waals surface area contributed by atoms with Crippen molar-refractivity contribution in [3.05, 3.63) is 96.6 Å². The normalized spacial score (nSPS) is 10.6. The minimum absolute atomic E-state index is 0.599. The van der Waals surface area contributed by atoms with Crippen LogP contribution in [0, 0.1) is 6.92 Å². The van der Waals surface area contributed by atoms with Crippen LogP contribution in [0.15, 0.2) is 85.5 Å². The Morgan fingerprint density at radius 3 is 2.28 bits per heavy atom. The van der Waals surface area contributed by atoms with Crippen molar-refractivity contribution in [3.8, 4) is 22.3 Å². The monoisotopic (exact) mass is 328 g/mol. The standard InChI is InChI=1S/C24H24O/c1-3-16-25-17-15-22-13-14-23(20-11-9-19(2)10-12-20)18-24(22)21-7-5-4-6-8-21/h3-14,18H,1,15-17H2,2H3. The van der Waals surface area contributed by atoms with E-state index in [-0.39, 0.29) is 0 Å². The SMILES string of the molecule is C=CCOCCc1ccc(-c2ccc(C)cc2)cc1-c1ccccc1. The summed E-state index contributed by atoms with van der Waals surface area (Å²) < 4.78 is 5.59. The van der Waals surface area contributed by atoms with Crippen LogP contribution in [-0.4, -0.2) is 13.2 Å². The molecule has 25 heavy (non-hydrogen) atoms. The highest BCUT2D eigenvalue weighted by Gasteiger charge is 2.08. The van der Waals surface area contributed by atoms with E-state index in [1.54, 1.807) is 6.08 Å². The van der Waals surface area contributed by atoms with Crippen LogP contribution in [0.3, 0.4) is 0 Å². The molecule has 3 aromatic rings. The topological polar surface area (TPSA) is 9.23 Å². The van der Waals surface area contributed by atoms with Gasteiger partial charge in [0.15, 0.2) is 0 Å². The Labute approximate surface area is 150 Å². The first-order valence-corrected chi connectivity index (χ1v) is 8.72. The number of hydrogen-bond donors (Lipinski definition) is 0. The van der Waals surface area contributed by atoms with Gasteiger partial charge in [-0.1, -0.05) is 78.4 Å². The molecule has 0 radical (unpaired) electrons. The van der Waals surface area contributed by atoms with E-state index in [2.05, 4.69) is 86.3 Å². The van der Waals surface area contributed by atoms with E-state index < -0.39 is 0 Å². The summed E-state index contributed by atoms with van der Waals surface area (Å²) in [5, 5.41) is 0. The fourth-order valence-electron chi connectivity index (χ4n) is 2.96. The molecular formula is C24H24O. The maximum atomic E-state index is 5.59. The summed E-state index contributed by atoms with van der Waals surface area (Å²) in [7, 11) is 0.